The monoisotopic (exact) mass is 389 g/mol. The zero-order valence-electron chi connectivity index (χ0n) is 15.2. The molecule has 8 heteroatoms. The Morgan fingerprint density at radius 3 is 2.45 bits per heavy atom. The summed E-state index contributed by atoms with van der Waals surface area (Å²) >= 11 is 0. The van der Waals surface area contributed by atoms with Crippen molar-refractivity contribution in [1.29, 1.82) is 0 Å². The lowest BCUT2D eigenvalue weighted by atomic mass is 10.1. The number of nitro groups is 1. The second kappa shape index (κ2) is 7.89. The summed E-state index contributed by atoms with van der Waals surface area (Å²) in [7, 11) is 0. The van der Waals surface area contributed by atoms with Crippen LogP contribution in [-0.2, 0) is 6.54 Å². The molecule has 0 saturated carbocycles. The lowest BCUT2D eigenvalue weighted by molar-refractivity contribution is -0.383. The lowest BCUT2D eigenvalue weighted by Crippen LogP contribution is -2.08. The molecule has 0 unspecified atom stereocenters. The van der Waals surface area contributed by atoms with Gasteiger partial charge in [-0.3, -0.25) is 10.1 Å². The molecule has 4 rings (SSSR count). The van der Waals surface area contributed by atoms with E-state index in [2.05, 4.69) is 20.6 Å². The van der Waals surface area contributed by atoms with Gasteiger partial charge in [0, 0.05) is 17.6 Å². The second-order valence-electron chi connectivity index (χ2n) is 6.31. The Morgan fingerprint density at radius 1 is 0.931 bits per heavy atom. The number of hydrogen-bond donors (Lipinski definition) is 2. The van der Waals surface area contributed by atoms with Gasteiger partial charge >= 0.3 is 5.69 Å². The molecule has 0 aliphatic rings. The molecular formula is C21H16FN5O2. The van der Waals surface area contributed by atoms with Crippen molar-refractivity contribution >= 4 is 33.8 Å². The van der Waals surface area contributed by atoms with Crippen molar-refractivity contribution in [1.82, 2.24) is 9.97 Å². The Hall–Kier alpha value is -4.07. The fraction of sp³-hybridized carbons (Fsp3) is 0.0476. The molecule has 0 aliphatic heterocycles. The number of anilines is 3. The Labute approximate surface area is 165 Å². The van der Waals surface area contributed by atoms with Gasteiger partial charge in [0.25, 0.3) is 0 Å². The van der Waals surface area contributed by atoms with Crippen LogP contribution in [-0.4, -0.2) is 14.9 Å². The largest absolute Gasteiger partial charge is 0.360 e. The van der Waals surface area contributed by atoms with E-state index < -0.39 is 4.92 Å². The molecule has 3 aromatic carbocycles. The van der Waals surface area contributed by atoms with Gasteiger partial charge in [-0.25, -0.2) is 14.4 Å². The average molecular weight is 389 g/mol. The van der Waals surface area contributed by atoms with Crippen LogP contribution in [0.15, 0.2) is 73.1 Å². The highest BCUT2D eigenvalue weighted by Gasteiger charge is 2.23. The molecule has 0 amide bonds. The number of halogens is 1. The van der Waals surface area contributed by atoms with Crippen LogP contribution >= 0.6 is 0 Å². The van der Waals surface area contributed by atoms with E-state index in [1.807, 2.05) is 42.5 Å². The minimum atomic E-state index is -0.527. The molecule has 1 aromatic heterocycles. The maximum atomic E-state index is 13.1. The van der Waals surface area contributed by atoms with E-state index >= 15 is 0 Å². The maximum Gasteiger partial charge on any atom is 0.353 e. The highest BCUT2D eigenvalue weighted by molar-refractivity contribution is 5.96. The van der Waals surface area contributed by atoms with E-state index in [9.17, 15) is 14.5 Å². The first kappa shape index (κ1) is 18.3. The summed E-state index contributed by atoms with van der Waals surface area (Å²) in [5.74, 6) is -0.177. The number of benzene rings is 3. The molecule has 0 atom stereocenters. The van der Waals surface area contributed by atoms with Crippen LogP contribution in [0.25, 0.3) is 10.8 Å². The first-order chi connectivity index (χ1) is 14.1. The smallest absolute Gasteiger partial charge is 0.353 e. The normalized spacial score (nSPS) is 10.7. The first-order valence-corrected chi connectivity index (χ1v) is 8.84. The third-order valence-electron chi connectivity index (χ3n) is 4.42. The highest BCUT2D eigenvalue weighted by atomic mass is 19.1. The molecule has 4 aromatic rings. The summed E-state index contributed by atoms with van der Waals surface area (Å²) in [5.41, 5.74) is 1.21. The Bertz CT molecular complexity index is 1180. The molecule has 0 fully saturated rings. The molecular weight excluding hydrogens is 373 g/mol. The van der Waals surface area contributed by atoms with E-state index in [0.29, 0.717) is 5.69 Å². The summed E-state index contributed by atoms with van der Waals surface area (Å²) in [4.78, 5) is 19.3. The summed E-state index contributed by atoms with van der Waals surface area (Å²) in [6.45, 7) is 0.256. The quantitative estimate of drug-likeness (QED) is 0.355. The summed E-state index contributed by atoms with van der Waals surface area (Å²) in [6, 6.07) is 19.3. The second-order valence-corrected chi connectivity index (χ2v) is 6.31. The predicted molar refractivity (Wildman–Crippen MR) is 110 cm³/mol. The zero-order valence-corrected chi connectivity index (χ0v) is 15.2. The van der Waals surface area contributed by atoms with Gasteiger partial charge in [0.15, 0.2) is 0 Å². The summed E-state index contributed by atoms with van der Waals surface area (Å²) in [5, 5.41) is 19.7. The Morgan fingerprint density at radius 2 is 1.66 bits per heavy atom. The van der Waals surface area contributed by atoms with Crippen molar-refractivity contribution in [2.45, 2.75) is 6.54 Å². The van der Waals surface area contributed by atoms with Gasteiger partial charge in [-0.2, -0.15) is 0 Å². The molecule has 144 valence electrons. The van der Waals surface area contributed by atoms with Gasteiger partial charge in [-0.05, 0) is 29.1 Å². The molecule has 29 heavy (non-hydrogen) atoms. The van der Waals surface area contributed by atoms with Crippen LogP contribution < -0.4 is 10.6 Å². The Balaban J connectivity index is 1.66. The topological polar surface area (TPSA) is 93.0 Å². The maximum absolute atomic E-state index is 13.1. The number of fused-ring (bicyclic) bond motifs is 1. The predicted octanol–water partition coefficient (Wildman–Crippen LogP) is 5.03. The van der Waals surface area contributed by atoms with Gasteiger partial charge in [0.2, 0.25) is 11.6 Å². The summed E-state index contributed by atoms with van der Waals surface area (Å²) in [6.07, 6.45) is 1.26. The third-order valence-corrected chi connectivity index (χ3v) is 4.42. The SMILES string of the molecule is O=[N+]([O-])c1c(NCc2ccc(F)cc2)ncnc1Nc1cccc2ccccc12. The van der Waals surface area contributed by atoms with Crippen molar-refractivity contribution in [3.8, 4) is 0 Å². The highest BCUT2D eigenvalue weighted by Crippen LogP contribution is 2.33. The minimum absolute atomic E-state index is 0.0806. The van der Waals surface area contributed by atoms with Crippen LogP contribution in [0.2, 0.25) is 0 Å². The van der Waals surface area contributed by atoms with E-state index in [4.69, 9.17) is 0 Å². The van der Waals surface area contributed by atoms with Crippen molar-refractivity contribution in [2.24, 2.45) is 0 Å². The average Bonchev–Trinajstić information content (AvgIpc) is 2.73. The Kier molecular flexibility index (Phi) is 4.98. The van der Waals surface area contributed by atoms with Crippen molar-refractivity contribution in [2.75, 3.05) is 10.6 Å². The fourth-order valence-corrected chi connectivity index (χ4v) is 3.02. The fourth-order valence-electron chi connectivity index (χ4n) is 3.02. The van der Waals surface area contributed by atoms with E-state index in [-0.39, 0.29) is 29.7 Å². The van der Waals surface area contributed by atoms with Gasteiger partial charge in [0.05, 0.1) is 4.92 Å². The third kappa shape index (κ3) is 3.96. The number of aromatic nitrogens is 2. The number of rotatable bonds is 6. The molecule has 7 nitrogen and oxygen atoms in total. The molecule has 0 bridgehead atoms. The zero-order chi connectivity index (χ0) is 20.2. The molecule has 1 heterocycles. The van der Waals surface area contributed by atoms with Crippen LogP contribution in [0.1, 0.15) is 5.56 Å². The van der Waals surface area contributed by atoms with Gasteiger partial charge in [-0.1, -0.05) is 48.5 Å². The number of nitrogens with one attached hydrogen (secondary N) is 2. The molecule has 0 aliphatic carbocycles. The van der Waals surface area contributed by atoms with Gasteiger partial charge in [0.1, 0.15) is 12.1 Å². The molecule has 0 spiro atoms. The van der Waals surface area contributed by atoms with Crippen LogP contribution in [0.5, 0.6) is 0 Å². The van der Waals surface area contributed by atoms with Crippen LogP contribution in [0, 0.1) is 15.9 Å². The van der Waals surface area contributed by atoms with E-state index in [1.54, 1.807) is 12.1 Å². The first-order valence-electron chi connectivity index (χ1n) is 8.84. The van der Waals surface area contributed by atoms with Gasteiger partial charge < -0.3 is 10.6 Å². The number of hydrogen-bond acceptors (Lipinski definition) is 6. The van der Waals surface area contributed by atoms with Gasteiger partial charge in [-0.15, -0.1) is 0 Å². The van der Waals surface area contributed by atoms with Crippen molar-refractivity contribution in [3.63, 3.8) is 0 Å². The minimum Gasteiger partial charge on any atom is -0.360 e. The van der Waals surface area contributed by atoms with Crippen molar-refractivity contribution < 1.29 is 9.31 Å². The summed E-state index contributed by atoms with van der Waals surface area (Å²) < 4.78 is 13.1. The molecule has 0 radical (unpaired) electrons. The standard InChI is InChI=1S/C21H16FN5O2/c22-16-10-8-14(9-11-16)12-23-20-19(27(28)29)21(25-13-24-20)26-18-7-3-5-15-4-1-2-6-17(15)18/h1-11,13H,12H2,(H2,23,24,25,26). The van der Waals surface area contributed by atoms with E-state index in [1.165, 1.54) is 18.5 Å². The van der Waals surface area contributed by atoms with Crippen molar-refractivity contribution in [3.05, 3.63) is 94.6 Å². The van der Waals surface area contributed by atoms with E-state index in [0.717, 1.165) is 16.3 Å². The molecule has 2 N–H and O–H groups in total. The lowest BCUT2D eigenvalue weighted by Gasteiger charge is -2.12. The molecule has 0 saturated heterocycles. The van der Waals surface area contributed by atoms with Crippen LogP contribution in [0.3, 0.4) is 0 Å². The number of nitrogens with zero attached hydrogens (tertiary/aromatic N) is 3. The van der Waals surface area contributed by atoms with Crippen LogP contribution in [0.4, 0.5) is 27.4 Å².